The van der Waals surface area contributed by atoms with E-state index in [0.717, 1.165) is 11.4 Å². The van der Waals surface area contributed by atoms with Crippen LogP contribution in [0.3, 0.4) is 0 Å². The lowest BCUT2D eigenvalue weighted by atomic mass is 10.2. The number of carbonyl (C=O) groups excluding carboxylic acids is 1. The van der Waals surface area contributed by atoms with E-state index in [2.05, 4.69) is 10.2 Å². The highest BCUT2D eigenvalue weighted by molar-refractivity contribution is 7.99. The Bertz CT molecular complexity index is 901. The Morgan fingerprint density at radius 3 is 2.57 bits per heavy atom. The van der Waals surface area contributed by atoms with Gasteiger partial charge in [-0.15, -0.1) is 10.2 Å². The molecular formula is C20H20FN3O3S. The summed E-state index contributed by atoms with van der Waals surface area (Å²) < 4.78 is 25.3. The average Bonchev–Trinajstić information content (AvgIpc) is 3.05. The van der Waals surface area contributed by atoms with Gasteiger partial charge in [0.2, 0.25) is 0 Å². The number of ether oxygens (including phenoxy) is 2. The van der Waals surface area contributed by atoms with Gasteiger partial charge in [0.25, 0.3) is 0 Å². The Balaban J connectivity index is 1.42. The van der Waals surface area contributed by atoms with E-state index in [0.29, 0.717) is 17.5 Å². The molecule has 0 amide bonds. The van der Waals surface area contributed by atoms with Gasteiger partial charge in [-0.25, -0.2) is 4.39 Å². The summed E-state index contributed by atoms with van der Waals surface area (Å²) in [5, 5.41) is 8.91. The van der Waals surface area contributed by atoms with Crippen molar-refractivity contribution < 1.29 is 18.7 Å². The first-order valence-corrected chi connectivity index (χ1v) is 9.71. The summed E-state index contributed by atoms with van der Waals surface area (Å²) in [7, 11) is 0. The maximum atomic E-state index is 12.8. The zero-order valence-electron chi connectivity index (χ0n) is 15.4. The molecule has 1 heterocycles. The number of hydrogen-bond acceptors (Lipinski definition) is 6. The van der Waals surface area contributed by atoms with Crippen molar-refractivity contribution in [1.29, 1.82) is 0 Å². The second-order valence-corrected chi connectivity index (χ2v) is 6.86. The smallest absolute Gasteiger partial charge is 0.316 e. The van der Waals surface area contributed by atoms with Crippen molar-refractivity contribution in [2.24, 2.45) is 0 Å². The van der Waals surface area contributed by atoms with Crippen LogP contribution in [0.5, 0.6) is 5.75 Å². The highest BCUT2D eigenvalue weighted by Gasteiger charge is 2.13. The maximum Gasteiger partial charge on any atom is 0.316 e. The third-order valence-electron chi connectivity index (χ3n) is 3.83. The van der Waals surface area contributed by atoms with Crippen molar-refractivity contribution in [2.45, 2.75) is 18.6 Å². The van der Waals surface area contributed by atoms with E-state index >= 15 is 0 Å². The van der Waals surface area contributed by atoms with E-state index in [-0.39, 0.29) is 30.8 Å². The fraction of sp³-hybridized carbons (Fsp3) is 0.250. The number of nitrogens with zero attached hydrogens (tertiary/aromatic N) is 3. The highest BCUT2D eigenvalue weighted by Crippen LogP contribution is 2.18. The van der Waals surface area contributed by atoms with Gasteiger partial charge in [0.1, 0.15) is 30.6 Å². The Morgan fingerprint density at radius 2 is 1.82 bits per heavy atom. The summed E-state index contributed by atoms with van der Waals surface area (Å²) in [6.45, 7) is 2.84. The lowest BCUT2D eigenvalue weighted by Gasteiger charge is -2.09. The number of benzene rings is 2. The second-order valence-electron chi connectivity index (χ2n) is 5.91. The second kappa shape index (κ2) is 9.89. The molecule has 0 saturated heterocycles. The van der Waals surface area contributed by atoms with Crippen LogP contribution in [0.2, 0.25) is 0 Å². The van der Waals surface area contributed by atoms with Crippen LogP contribution < -0.4 is 4.74 Å². The van der Waals surface area contributed by atoms with Crippen LogP contribution >= 0.6 is 11.8 Å². The number of esters is 1. The number of carbonyl (C=O) groups is 1. The molecule has 0 N–H and O–H groups in total. The predicted molar refractivity (Wildman–Crippen MR) is 104 cm³/mol. The molecule has 0 radical (unpaired) electrons. The lowest BCUT2D eigenvalue weighted by molar-refractivity contribution is -0.141. The van der Waals surface area contributed by atoms with E-state index in [1.165, 1.54) is 36.0 Å². The minimum atomic E-state index is -0.361. The number of rotatable bonds is 9. The Hall–Kier alpha value is -2.87. The number of thioether (sulfide) groups is 1. The van der Waals surface area contributed by atoms with Crippen LogP contribution in [0.15, 0.2) is 59.8 Å². The summed E-state index contributed by atoms with van der Waals surface area (Å²) >= 11 is 1.28. The Morgan fingerprint density at radius 1 is 1.07 bits per heavy atom. The van der Waals surface area contributed by atoms with Crippen LogP contribution in [-0.2, 0) is 16.1 Å². The molecule has 0 aliphatic heterocycles. The van der Waals surface area contributed by atoms with Gasteiger partial charge in [0.05, 0.1) is 12.3 Å². The van der Waals surface area contributed by atoms with Crippen molar-refractivity contribution in [2.75, 3.05) is 19.0 Å². The molecule has 0 bridgehead atoms. The van der Waals surface area contributed by atoms with Gasteiger partial charge >= 0.3 is 5.97 Å². The molecular weight excluding hydrogens is 381 g/mol. The van der Waals surface area contributed by atoms with E-state index in [9.17, 15) is 9.18 Å². The monoisotopic (exact) mass is 401 g/mol. The number of aryl methyl sites for hydroxylation is 1. The van der Waals surface area contributed by atoms with Crippen LogP contribution in [0.1, 0.15) is 11.4 Å². The minimum absolute atomic E-state index is 0.118. The zero-order valence-corrected chi connectivity index (χ0v) is 16.2. The van der Waals surface area contributed by atoms with Gasteiger partial charge in [-0.2, -0.15) is 0 Å². The molecule has 2 aromatic carbocycles. The van der Waals surface area contributed by atoms with Crippen LogP contribution in [0, 0.1) is 12.7 Å². The molecule has 0 spiro atoms. The molecule has 28 heavy (non-hydrogen) atoms. The lowest BCUT2D eigenvalue weighted by Crippen LogP contribution is -2.14. The fourth-order valence-corrected chi connectivity index (χ4v) is 3.21. The SMILES string of the molecule is Cc1nnc(SCC(=O)OCCOc2ccc(F)cc2)n1Cc1ccccc1. The first-order valence-electron chi connectivity index (χ1n) is 8.72. The maximum absolute atomic E-state index is 12.8. The van der Waals surface area contributed by atoms with Gasteiger partial charge in [-0.05, 0) is 36.8 Å². The quantitative estimate of drug-likeness (QED) is 0.311. The van der Waals surface area contributed by atoms with Crippen LogP contribution in [-0.4, -0.2) is 39.7 Å². The standard InChI is InChI=1S/C20H20FN3O3S/c1-15-22-23-20(24(15)13-16-5-3-2-4-6-16)28-14-19(25)27-12-11-26-18-9-7-17(21)8-10-18/h2-10H,11-14H2,1H3. The van der Waals surface area contributed by atoms with E-state index in [1.54, 1.807) is 0 Å². The van der Waals surface area contributed by atoms with Gasteiger partial charge < -0.3 is 14.0 Å². The molecule has 3 aromatic rings. The van der Waals surface area contributed by atoms with Crippen molar-refractivity contribution in [3.05, 3.63) is 71.8 Å². The van der Waals surface area contributed by atoms with Crippen LogP contribution in [0.25, 0.3) is 0 Å². The molecule has 3 rings (SSSR count). The first-order chi connectivity index (χ1) is 13.6. The fourth-order valence-electron chi connectivity index (χ4n) is 2.43. The van der Waals surface area contributed by atoms with Gasteiger partial charge in [-0.1, -0.05) is 42.1 Å². The van der Waals surface area contributed by atoms with Crippen molar-refractivity contribution in [3.63, 3.8) is 0 Å². The third kappa shape index (κ3) is 5.82. The van der Waals surface area contributed by atoms with Gasteiger partial charge in [-0.3, -0.25) is 4.79 Å². The predicted octanol–water partition coefficient (Wildman–Crippen LogP) is 3.49. The van der Waals surface area contributed by atoms with Crippen LogP contribution in [0.4, 0.5) is 4.39 Å². The molecule has 0 fully saturated rings. The molecule has 0 saturated carbocycles. The molecule has 0 aliphatic carbocycles. The number of aromatic nitrogens is 3. The van der Waals surface area contributed by atoms with Crippen molar-refractivity contribution in [3.8, 4) is 5.75 Å². The molecule has 8 heteroatoms. The number of hydrogen-bond donors (Lipinski definition) is 0. The largest absolute Gasteiger partial charge is 0.490 e. The summed E-state index contributed by atoms with van der Waals surface area (Å²) in [6, 6.07) is 15.7. The molecule has 0 unspecified atom stereocenters. The molecule has 1 aromatic heterocycles. The van der Waals surface area contributed by atoms with Gasteiger partial charge in [0.15, 0.2) is 5.16 Å². The highest BCUT2D eigenvalue weighted by atomic mass is 32.2. The summed E-state index contributed by atoms with van der Waals surface area (Å²) in [4.78, 5) is 11.9. The average molecular weight is 401 g/mol. The summed E-state index contributed by atoms with van der Waals surface area (Å²) in [5.41, 5.74) is 1.13. The first kappa shape index (κ1) is 19.9. The molecule has 0 aliphatic rings. The topological polar surface area (TPSA) is 66.2 Å². The number of halogens is 1. The molecule has 6 nitrogen and oxygen atoms in total. The zero-order chi connectivity index (χ0) is 19.8. The molecule has 0 atom stereocenters. The summed E-state index contributed by atoms with van der Waals surface area (Å²) in [5.74, 6) is 0.748. The Labute approximate surface area is 166 Å². The van der Waals surface area contributed by atoms with E-state index < -0.39 is 0 Å². The van der Waals surface area contributed by atoms with Crippen molar-refractivity contribution in [1.82, 2.24) is 14.8 Å². The molecule has 146 valence electrons. The third-order valence-corrected chi connectivity index (χ3v) is 4.77. The van der Waals surface area contributed by atoms with Gasteiger partial charge in [0, 0.05) is 0 Å². The summed E-state index contributed by atoms with van der Waals surface area (Å²) in [6.07, 6.45) is 0. The normalized spacial score (nSPS) is 10.6. The Kier molecular flexibility index (Phi) is 7.02. The van der Waals surface area contributed by atoms with Crippen molar-refractivity contribution >= 4 is 17.7 Å². The van der Waals surface area contributed by atoms with E-state index in [4.69, 9.17) is 9.47 Å². The van der Waals surface area contributed by atoms with E-state index in [1.807, 2.05) is 41.8 Å². The minimum Gasteiger partial charge on any atom is -0.490 e.